The highest BCUT2D eigenvalue weighted by Gasteiger charge is 2.19. The van der Waals surface area contributed by atoms with Crippen molar-refractivity contribution in [1.29, 1.82) is 0 Å². The third-order valence-electron chi connectivity index (χ3n) is 6.21. The third-order valence-corrected chi connectivity index (χ3v) is 7.19. The van der Waals surface area contributed by atoms with Crippen LogP contribution in [0.25, 0.3) is 27.8 Å². The summed E-state index contributed by atoms with van der Waals surface area (Å²) in [6, 6.07) is 31.7. The van der Waals surface area contributed by atoms with Crippen LogP contribution in [0, 0.1) is 0 Å². The Bertz CT molecular complexity index is 1440. The van der Waals surface area contributed by atoms with Gasteiger partial charge in [0.25, 0.3) is 0 Å². The Kier molecular flexibility index (Phi) is 6.35. The van der Waals surface area contributed by atoms with Crippen LogP contribution in [-0.2, 0) is 11.2 Å². The smallest absolute Gasteiger partial charge is 0.196 e. The van der Waals surface area contributed by atoms with Crippen molar-refractivity contribution in [3.8, 4) is 22.8 Å². The Morgan fingerprint density at radius 3 is 2.23 bits per heavy atom. The van der Waals surface area contributed by atoms with Crippen LogP contribution in [0.15, 0.2) is 96.2 Å². The molecule has 0 fully saturated rings. The van der Waals surface area contributed by atoms with Gasteiger partial charge in [-0.05, 0) is 51.6 Å². The molecule has 0 spiro atoms. The van der Waals surface area contributed by atoms with Gasteiger partial charge in [-0.15, -0.1) is 10.2 Å². The van der Waals surface area contributed by atoms with E-state index in [0.717, 1.165) is 33.7 Å². The number of fused-ring (bicyclic) bond motifs is 1. The van der Waals surface area contributed by atoms with Crippen LogP contribution < -0.4 is 4.74 Å². The molecule has 176 valence electrons. The third kappa shape index (κ3) is 4.82. The first-order valence-electron chi connectivity index (χ1n) is 11.7. The minimum absolute atomic E-state index is 0.0989. The van der Waals surface area contributed by atoms with Gasteiger partial charge in [0.15, 0.2) is 11.0 Å². The topological polar surface area (TPSA) is 39.9 Å². The summed E-state index contributed by atoms with van der Waals surface area (Å²) < 4.78 is 7.52. The van der Waals surface area contributed by atoms with Gasteiger partial charge in [-0.25, -0.2) is 0 Å². The number of ether oxygens (including phenoxy) is 1. The molecule has 1 aromatic heterocycles. The lowest BCUT2D eigenvalue weighted by atomic mass is 9.87. The molecule has 0 aliphatic heterocycles. The first-order chi connectivity index (χ1) is 16.9. The van der Waals surface area contributed by atoms with Gasteiger partial charge in [0.05, 0.1) is 7.11 Å². The lowest BCUT2D eigenvalue weighted by Crippen LogP contribution is -2.10. The molecule has 0 aliphatic carbocycles. The van der Waals surface area contributed by atoms with Crippen molar-refractivity contribution in [3.63, 3.8) is 0 Å². The van der Waals surface area contributed by atoms with Gasteiger partial charge in [-0.2, -0.15) is 0 Å². The fraction of sp³-hybridized carbons (Fsp3) is 0.200. The number of hydrogen-bond donors (Lipinski definition) is 0. The van der Waals surface area contributed by atoms with E-state index in [9.17, 15) is 0 Å². The number of benzene rings is 4. The predicted octanol–water partition coefficient (Wildman–Crippen LogP) is 7.69. The van der Waals surface area contributed by atoms with Crippen molar-refractivity contribution in [2.75, 3.05) is 7.11 Å². The van der Waals surface area contributed by atoms with Crippen LogP contribution in [0.3, 0.4) is 0 Å². The van der Waals surface area contributed by atoms with Crippen LogP contribution in [0.1, 0.15) is 31.9 Å². The SMILES string of the molecule is COc1ccc(-n2c(SCc3cccc4ccccc34)nnc2-c2ccc(C(C)(C)C)cc2)cc1. The summed E-state index contributed by atoms with van der Waals surface area (Å²) >= 11 is 1.70. The zero-order chi connectivity index (χ0) is 24.4. The number of aromatic nitrogens is 3. The average Bonchev–Trinajstić information content (AvgIpc) is 3.31. The Morgan fingerprint density at radius 2 is 1.51 bits per heavy atom. The van der Waals surface area contributed by atoms with E-state index < -0.39 is 0 Å². The summed E-state index contributed by atoms with van der Waals surface area (Å²) in [4.78, 5) is 0. The van der Waals surface area contributed by atoms with Gasteiger partial charge in [0.2, 0.25) is 0 Å². The molecule has 5 heteroatoms. The zero-order valence-corrected chi connectivity index (χ0v) is 21.3. The Balaban J connectivity index is 1.54. The maximum Gasteiger partial charge on any atom is 0.196 e. The van der Waals surface area contributed by atoms with E-state index in [0.29, 0.717) is 0 Å². The molecule has 5 rings (SSSR count). The number of thioether (sulfide) groups is 1. The maximum atomic E-state index is 5.38. The first kappa shape index (κ1) is 23.2. The van der Waals surface area contributed by atoms with E-state index in [1.54, 1.807) is 18.9 Å². The molecule has 5 aromatic rings. The molecule has 0 N–H and O–H groups in total. The summed E-state index contributed by atoms with van der Waals surface area (Å²) in [5.41, 5.74) is 4.72. The van der Waals surface area contributed by atoms with Gasteiger partial charge in [0, 0.05) is 17.0 Å². The molecule has 0 radical (unpaired) electrons. The number of nitrogens with zero attached hydrogens (tertiary/aromatic N) is 3. The van der Waals surface area contributed by atoms with Crippen LogP contribution in [-0.4, -0.2) is 21.9 Å². The molecule has 4 aromatic carbocycles. The molecule has 0 aliphatic rings. The summed E-state index contributed by atoms with van der Waals surface area (Å²) in [5, 5.41) is 12.6. The highest BCUT2D eigenvalue weighted by Crippen LogP contribution is 2.33. The minimum Gasteiger partial charge on any atom is -0.497 e. The summed E-state index contributed by atoms with van der Waals surface area (Å²) in [7, 11) is 1.68. The number of rotatable bonds is 6. The Labute approximate surface area is 211 Å². The van der Waals surface area contributed by atoms with Crippen molar-refractivity contribution in [1.82, 2.24) is 14.8 Å². The molecule has 0 unspecified atom stereocenters. The standard InChI is InChI=1S/C30H29N3OS/c1-30(2,3)24-14-12-22(13-15-24)28-31-32-29(33(28)25-16-18-26(34-4)19-17-25)35-20-23-10-7-9-21-8-5-6-11-27(21)23/h5-19H,20H2,1-4H3. The van der Waals surface area contributed by atoms with E-state index in [-0.39, 0.29) is 5.41 Å². The zero-order valence-electron chi connectivity index (χ0n) is 20.5. The maximum absolute atomic E-state index is 5.38. The molecular formula is C30H29N3OS. The molecule has 0 amide bonds. The van der Waals surface area contributed by atoms with Crippen molar-refractivity contribution >= 4 is 22.5 Å². The minimum atomic E-state index is 0.0989. The second-order valence-electron chi connectivity index (χ2n) is 9.59. The molecule has 0 saturated carbocycles. The van der Waals surface area contributed by atoms with Gasteiger partial charge in [0.1, 0.15) is 5.75 Å². The van der Waals surface area contributed by atoms with Gasteiger partial charge < -0.3 is 4.74 Å². The second kappa shape index (κ2) is 9.59. The fourth-order valence-electron chi connectivity index (χ4n) is 4.19. The van der Waals surface area contributed by atoms with E-state index in [1.807, 2.05) is 12.1 Å². The quantitative estimate of drug-likeness (QED) is 0.234. The van der Waals surface area contributed by atoms with E-state index in [4.69, 9.17) is 4.74 Å². The van der Waals surface area contributed by atoms with Crippen molar-refractivity contribution in [2.24, 2.45) is 0 Å². The number of methoxy groups -OCH3 is 1. The molecule has 0 bridgehead atoms. The van der Waals surface area contributed by atoms with Crippen LogP contribution in [0.5, 0.6) is 5.75 Å². The predicted molar refractivity (Wildman–Crippen MR) is 146 cm³/mol. The first-order valence-corrected chi connectivity index (χ1v) is 12.7. The van der Waals surface area contributed by atoms with E-state index in [1.165, 1.54) is 21.9 Å². The second-order valence-corrected chi connectivity index (χ2v) is 10.5. The van der Waals surface area contributed by atoms with Gasteiger partial charge >= 0.3 is 0 Å². The molecule has 4 nitrogen and oxygen atoms in total. The summed E-state index contributed by atoms with van der Waals surface area (Å²) in [6.07, 6.45) is 0. The highest BCUT2D eigenvalue weighted by atomic mass is 32.2. The van der Waals surface area contributed by atoms with Crippen LogP contribution in [0.4, 0.5) is 0 Å². The molecule has 0 saturated heterocycles. The normalized spacial score (nSPS) is 11.7. The van der Waals surface area contributed by atoms with E-state index >= 15 is 0 Å². The lowest BCUT2D eigenvalue weighted by Gasteiger charge is -2.19. The molecular weight excluding hydrogens is 450 g/mol. The lowest BCUT2D eigenvalue weighted by molar-refractivity contribution is 0.414. The number of hydrogen-bond acceptors (Lipinski definition) is 4. The summed E-state index contributed by atoms with van der Waals surface area (Å²) in [6.45, 7) is 6.68. The monoisotopic (exact) mass is 479 g/mol. The molecule has 35 heavy (non-hydrogen) atoms. The van der Waals surface area contributed by atoms with Crippen LogP contribution in [0.2, 0.25) is 0 Å². The fourth-order valence-corrected chi connectivity index (χ4v) is 5.15. The summed E-state index contributed by atoms with van der Waals surface area (Å²) in [5.74, 6) is 2.46. The Hall–Kier alpha value is -3.57. The van der Waals surface area contributed by atoms with Gasteiger partial charge in [-0.3, -0.25) is 4.57 Å². The largest absolute Gasteiger partial charge is 0.497 e. The Morgan fingerprint density at radius 1 is 0.800 bits per heavy atom. The van der Waals surface area contributed by atoms with Crippen molar-refractivity contribution < 1.29 is 4.74 Å². The van der Waals surface area contributed by atoms with E-state index in [2.05, 4.69) is 114 Å². The van der Waals surface area contributed by atoms with Crippen molar-refractivity contribution in [3.05, 3.63) is 102 Å². The highest BCUT2D eigenvalue weighted by molar-refractivity contribution is 7.98. The molecule has 1 heterocycles. The average molecular weight is 480 g/mol. The molecule has 0 atom stereocenters. The van der Waals surface area contributed by atoms with Gasteiger partial charge in [-0.1, -0.05) is 99.3 Å². The van der Waals surface area contributed by atoms with Crippen molar-refractivity contribution in [2.45, 2.75) is 37.1 Å². The van der Waals surface area contributed by atoms with Crippen LogP contribution >= 0.6 is 11.8 Å².